The number of ether oxygens (including phenoxy) is 5. The number of hydrogen-bond donors (Lipinski definition) is 1. The summed E-state index contributed by atoms with van der Waals surface area (Å²) in [5.41, 5.74) is 1.43. The number of hydrogen-bond acceptors (Lipinski definition) is 9. The first-order valence-corrected chi connectivity index (χ1v) is 15.5. The number of allylic oxidation sites excluding steroid dienone is 1. The number of methoxy groups -OCH3 is 1. The van der Waals surface area contributed by atoms with Gasteiger partial charge in [-0.1, -0.05) is 18.6 Å². The number of aliphatic hydroxyl groups excluding tert-OH is 1. The zero-order valence-corrected chi connectivity index (χ0v) is 25.2. The van der Waals surface area contributed by atoms with E-state index in [9.17, 15) is 9.59 Å². The summed E-state index contributed by atoms with van der Waals surface area (Å²) in [4.78, 5) is 30.3. The number of likely N-dealkylation sites (tertiary alicyclic amines) is 2. The van der Waals surface area contributed by atoms with Crippen molar-refractivity contribution in [1.29, 1.82) is 0 Å². The van der Waals surface area contributed by atoms with Crippen molar-refractivity contribution in [3.05, 3.63) is 47.2 Å². The maximum atomic E-state index is 13.8. The predicted octanol–water partition coefficient (Wildman–Crippen LogP) is 3.34. The van der Waals surface area contributed by atoms with Crippen molar-refractivity contribution in [3.8, 4) is 0 Å². The second kappa shape index (κ2) is 17.0. The molecule has 3 unspecified atom stereocenters. The van der Waals surface area contributed by atoms with E-state index in [0.717, 1.165) is 18.4 Å². The first-order valence-electron chi connectivity index (χ1n) is 15.5. The van der Waals surface area contributed by atoms with Gasteiger partial charge in [-0.3, -0.25) is 4.79 Å². The molecule has 1 N–H and O–H groups in total. The van der Waals surface area contributed by atoms with Crippen molar-refractivity contribution in [3.63, 3.8) is 0 Å². The fraction of sp³-hybridized carbons (Fsp3) is 0.688. The molecule has 0 radical (unpaired) electrons. The van der Waals surface area contributed by atoms with E-state index in [2.05, 4.69) is 4.90 Å². The van der Waals surface area contributed by atoms with E-state index in [1.54, 1.807) is 12.1 Å². The monoisotopic (exact) mass is 588 g/mol. The fourth-order valence-corrected chi connectivity index (χ4v) is 6.25. The van der Waals surface area contributed by atoms with E-state index in [4.69, 9.17) is 28.8 Å². The molecule has 1 aromatic rings. The average molecular weight is 589 g/mol. The summed E-state index contributed by atoms with van der Waals surface area (Å²) in [5, 5.41) is 8.87. The molecule has 0 bridgehead atoms. The van der Waals surface area contributed by atoms with Crippen molar-refractivity contribution in [2.75, 3.05) is 72.9 Å². The zero-order chi connectivity index (χ0) is 29.7. The highest BCUT2D eigenvalue weighted by atomic mass is 16.7. The largest absolute Gasteiger partial charge is 0.465 e. The Labute approximate surface area is 249 Å². The molecule has 4 rings (SSSR count). The van der Waals surface area contributed by atoms with Crippen molar-refractivity contribution in [2.45, 2.75) is 63.7 Å². The van der Waals surface area contributed by atoms with Crippen LogP contribution in [0.3, 0.4) is 0 Å². The van der Waals surface area contributed by atoms with E-state index in [0.29, 0.717) is 63.3 Å². The molecule has 0 aliphatic carbocycles. The van der Waals surface area contributed by atoms with Gasteiger partial charge in [0.05, 0.1) is 39.1 Å². The second-order valence-electron chi connectivity index (χ2n) is 11.1. The van der Waals surface area contributed by atoms with Crippen LogP contribution in [-0.4, -0.2) is 112 Å². The van der Waals surface area contributed by atoms with Crippen LogP contribution in [0.4, 0.5) is 0 Å². The maximum Gasteiger partial charge on any atom is 0.337 e. The number of aliphatic hydroxyl groups is 1. The molecule has 3 aliphatic rings. The minimum absolute atomic E-state index is 0.0181. The molecule has 234 valence electrons. The summed E-state index contributed by atoms with van der Waals surface area (Å²) in [5.74, 6) is -0.464. The molecule has 2 saturated heterocycles. The Hall–Kier alpha value is -2.50. The average Bonchev–Trinajstić information content (AvgIpc) is 3.04. The summed E-state index contributed by atoms with van der Waals surface area (Å²) in [6.07, 6.45) is 7.75. The summed E-state index contributed by atoms with van der Waals surface area (Å²) in [6, 6.07) is 7.86. The summed E-state index contributed by atoms with van der Waals surface area (Å²) >= 11 is 0. The minimum atomic E-state index is -0.621. The maximum absolute atomic E-state index is 13.8. The molecule has 2 fully saturated rings. The Kier molecular flexibility index (Phi) is 13.1. The highest BCUT2D eigenvalue weighted by molar-refractivity contribution is 5.92. The Morgan fingerprint density at radius 1 is 0.952 bits per heavy atom. The highest BCUT2D eigenvalue weighted by Crippen LogP contribution is 2.39. The van der Waals surface area contributed by atoms with Crippen molar-refractivity contribution >= 4 is 11.9 Å². The fourth-order valence-electron chi connectivity index (χ4n) is 6.25. The molecular weight excluding hydrogens is 540 g/mol. The topological polar surface area (TPSA) is 107 Å². The lowest BCUT2D eigenvalue weighted by Crippen LogP contribution is -2.49. The Bertz CT molecular complexity index is 1000. The molecule has 3 atom stereocenters. The van der Waals surface area contributed by atoms with Crippen LogP contribution < -0.4 is 0 Å². The third-order valence-corrected chi connectivity index (χ3v) is 8.51. The molecule has 3 aliphatic heterocycles. The zero-order valence-electron chi connectivity index (χ0n) is 25.2. The van der Waals surface area contributed by atoms with Gasteiger partial charge in [0.15, 0.2) is 5.76 Å². The number of nitrogens with zero attached hydrogens (tertiary/aromatic N) is 2. The first kappa shape index (κ1) is 32.4. The third-order valence-electron chi connectivity index (χ3n) is 8.51. The van der Waals surface area contributed by atoms with Gasteiger partial charge in [-0.05, 0) is 75.9 Å². The Balaban J connectivity index is 1.49. The highest BCUT2D eigenvalue weighted by Gasteiger charge is 2.40. The quantitative estimate of drug-likeness (QED) is 0.259. The van der Waals surface area contributed by atoms with Crippen LogP contribution in [0.25, 0.3) is 0 Å². The number of rotatable bonds is 14. The predicted molar refractivity (Wildman–Crippen MR) is 157 cm³/mol. The van der Waals surface area contributed by atoms with E-state index < -0.39 is 12.3 Å². The van der Waals surface area contributed by atoms with Crippen molar-refractivity contribution < 1.29 is 38.4 Å². The Morgan fingerprint density at radius 2 is 1.64 bits per heavy atom. The van der Waals surface area contributed by atoms with Gasteiger partial charge in [0.25, 0.3) is 5.91 Å². The number of piperidine rings is 2. The molecule has 3 heterocycles. The van der Waals surface area contributed by atoms with Gasteiger partial charge in [0, 0.05) is 44.2 Å². The van der Waals surface area contributed by atoms with Gasteiger partial charge in [-0.25, -0.2) is 4.79 Å². The van der Waals surface area contributed by atoms with Crippen LogP contribution >= 0.6 is 0 Å². The lowest BCUT2D eigenvalue weighted by molar-refractivity contribution is -0.172. The van der Waals surface area contributed by atoms with E-state index >= 15 is 0 Å². The lowest BCUT2D eigenvalue weighted by Gasteiger charge is -2.41. The molecule has 1 aromatic carbocycles. The van der Waals surface area contributed by atoms with Gasteiger partial charge in [-0.15, -0.1) is 0 Å². The standard InChI is InChI=1S/C32H48N2O8/c1-3-41-32-27(13-19-39-21-22-40-20-18-35)28(24-7-9-25(10-8-24)31(37)38-2)23-29(42-32)30(36)34-16-11-26(12-17-34)33-14-5-4-6-15-33/h7-10,23,26-28,32,35H,3-6,11-22H2,1-2H3. The van der Waals surface area contributed by atoms with Gasteiger partial charge < -0.3 is 38.6 Å². The van der Waals surface area contributed by atoms with Crippen LogP contribution in [-0.2, 0) is 28.5 Å². The number of carbonyl (C=O) groups is 2. The SMILES string of the molecule is CCOC1OC(C(=O)N2CCC(N3CCCCC3)CC2)=CC(c2ccc(C(=O)OC)cc2)C1CCOCCOCCO. The Morgan fingerprint density at radius 3 is 2.29 bits per heavy atom. The third kappa shape index (κ3) is 8.76. The minimum Gasteiger partial charge on any atom is -0.465 e. The van der Waals surface area contributed by atoms with Gasteiger partial charge in [0.1, 0.15) is 0 Å². The van der Waals surface area contributed by atoms with Crippen molar-refractivity contribution in [1.82, 2.24) is 9.80 Å². The molecule has 0 spiro atoms. The number of amides is 1. The summed E-state index contributed by atoms with van der Waals surface area (Å²) < 4.78 is 28.3. The molecular formula is C32H48N2O8. The van der Waals surface area contributed by atoms with E-state index in [1.165, 1.54) is 39.5 Å². The molecule has 10 heteroatoms. The lowest BCUT2D eigenvalue weighted by atomic mass is 9.81. The van der Waals surface area contributed by atoms with Crippen LogP contribution in [0.2, 0.25) is 0 Å². The normalized spacial score (nSPS) is 23.7. The molecule has 10 nitrogen and oxygen atoms in total. The molecule has 0 aromatic heterocycles. The van der Waals surface area contributed by atoms with E-state index in [1.807, 2.05) is 30.0 Å². The van der Waals surface area contributed by atoms with Crippen LogP contribution in [0.5, 0.6) is 0 Å². The first-order chi connectivity index (χ1) is 20.5. The van der Waals surface area contributed by atoms with E-state index in [-0.39, 0.29) is 31.0 Å². The van der Waals surface area contributed by atoms with Crippen molar-refractivity contribution in [2.24, 2.45) is 5.92 Å². The molecule has 0 saturated carbocycles. The van der Waals surface area contributed by atoms with Crippen LogP contribution in [0, 0.1) is 5.92 Å². The number of carbonyl (C=O) groups excluding carboxylic acids is 2. The molecule has 1 amide bonds. The van der Waals surface area contributed by atoms with Gasteiger partial charge in [-0.2, -0.15) is 0 Å². The summed E-state index contributed by atoms with van der Waals surface area (Å²) in [6.45, 7) is 7.67. The van der Waals surface area contributed by atoms with Crippen LogP contribution in [0.1, 0.15) is 67.3 Å². The summed E-state index contributed by atoms with van der Waals surface area (Å²) in [7, 11) is 1.36. The second-order valence-corrected chi connectivity index (χ2v) is 11.1. The smallest absolute Gasteiger partial charge is 0.337 e. The number of benzene rings is 1. The van der Waals surface area contributed by atoms with Crippen LogP contribution in [0.15, 0.2) is 36.1 Å². The van der Waals surface area contributed by atoms with Gasteiger partial charge in [0.2, 0.25) is 6.29 Å². The molecule has 42 heavy (non-hydrogen) atoms. The van der Waals surface area contributed by atoms with Gasteiger partial charge >= 0.3 is 5.97 Å². The number of esters is 1.